The van der Waals surface area contributed by atoms with Gasteiger partial charge in [0.05, 0.1) is 23.5 Å². The zero-order chi connectivity index (χ0) is 14.8. The van der Waals surface area contributed by atoms with E-state index in [4.69, 9.17) is 5.11 Å². The molecule has 2 N–H and O–H groups in total. The number of rotatable bonds is 3. The maximum Gasteiger partial charge on any atom is 0.339 e. The smallest absolute Gasteiger partial charge is 0.339 e. The van der Waals surface area contributed by atoms with Crippen molar-refractivity contribution in [2.24, 2.45) is 0 Å². The number of nitrogens with one attached hydrogen (secondary N) is 1. The minimum absolute atomic E-state index is 0.0155. The number of pyridine rings is 1. The van der Waals surface area contributed by atoms with Gasteiger partial charge in [0.2, 0.25) is 0 Å². The Bertz CT molecular complexity index is 842. The van der Waals surface area contributed by atoms with Crippen LogP contribution in [0.4, 0.5) is 5.82 Å². The second kappa shape index (κ2) is 5.00. The molecule has 0 aliphatic rings. The number of aromatic nitrogens is 4. The molecule has 3 aromatic heterocycles. The Balaban J connectivity index is 1.96. The van der Waals surface area contributed by atoms with E-state index in [1.54, 1.807) is 12.4 Å². The first kappa shape index (κ1) is 12.7. The molecule has 3 aromatic rings. The fourth-order valence-corrected chi connectivity index (χ4v) is 1.86. The van der Waals surface area contributed by atoms with Gasteiger partial charge >= 0.3 is 5.97 Å². The number of amides is 1. The molecule has 3 heterocycles. The highest BCUT2D eigenvalue weighted by Crippen LogP contribution is 2.15. The number of aromatic carboxylic acids is 1. The van der Waals surface area contributed by atoms with Gasteiger partial charge in [-0.1, -0.05) is 0 Å². The molecular formula is C13H9N5O3. The van der Waals surface area contributed by atoms with Gasteiger partial charge in [-0.3, -0.25) is 9.78 Å². The van der Waals surface area contributed by atoms with Crippen LogP contribution in [0, 0.1) is 0 Å². The second-order valence-corrected chi connectivity index (χ2v) is 4.12. The molecule has 0 radical (unpaired) electrons. The van der Waals surface area contributed by atoms with Crippen LogP contribution in [0.3, 0.4) is 0 Å². The van der Waals surface area contributed by atoms with Crippen molar-refractivity contribution in [2.75, 3.05) is 5.32 Å². The Morgan fingerprint density at radius 1 is 1.19 bits per heavy atom. The highest BCUT2D eigenvalue weighted by Gasteiger charge is 2.17. The van der Waals surface area contributed by atoms with Gasteiger partial charge in [0.25, 0.3) is 5.91 Å². The largest absolute Gasteiger partial charge is 0.478 e. The molecule has 0 aliphatic carbocycles. The number of carbonyl (C=O) groups is 2. The predicted octanol–water partition coefficient (Wildman–Crippen LogP) is 1.07. The third-order valence-electron chi connectivity index (χ3n) is 2.84. The summed E-state index contributed by atoms with van der Waals surface area (Å²) in [6.45, 7) is 0. The maximum absolute atomic E-state index is 12.2. The van der Waals surface area contributed by atoms with Gasteiger partial charge in [0.1, 0.15) is 11.4 Å². The van der Waals surface area contributed by atoms with E-state index in [0.29, 0.717) is 5.52 Å². The van der Waals surface area contributed by atoms with Crippen LogP contribution < -0.4 is 5.32 Å². The summed E-state index contributed by atoms with van der Waals surface area (Å²) >= 11 is 0. The first-order chi connectivity index (χ1) is 10.2. The van der Waals surface area contributed by atoms with Crippen molar-refractivity contribution in [3.05, 3.63) is 54.2 Å². The van der Waals surface area contributed by atoms with Crippen LogP contribution in [-0.2, 0) is 0 Å². The molecule has 8 nitrogen and oxygen atoms in total. The van der Waals surface area contributed by atoms with Crippen LogP contribution in [-0.4, -0.2) is 36.6 Å². The van der Waals surface area contributed by atoms with Gasteiger partial charge in [-0.05, 0) is 12.1 Å². The molecule has 1 amide bonds. The molecule has 0 saturated heterocycles. The summed E-state index contributed by atoms with van der Waals surface area (Å²) in [7, 11) is 0. The van der Waals surface area contributed by atoms with Gasteiger partial charge in [-0.2, -0.15) is 5.10 Å². The van der Waals surface area contributed by atoms with Crippen molar-refractivity contribution >= 4 is 23.2 Å². The van der Waals surface area contributed by atoms with E-state index >= 15 is 0 Å². The minimum atomic E-state index is -1.17. The number of hydrogen-bond acceptors (Lipinski definition) is 5. The minimum Gasteiger partial charge on any atom is -0.478 e. The van der Waals surface area contributed by atoms with Crippen LogP contribution >= 0.6 is 0 Å². The predicted molar refractivity (Wildman–Crippen MR) is 72.1 cm³/mol. The summed E-state index contributed by atoms with van der Waals surface area (Å²) < 4.78 is 1.50. The lowest BCUT2D eigenvalue weighted by Gasteiger charge is -2.06. The molecule has 0 spiro atoms. The summed E-state index contributed by atoms with van der Waals surface area (Å²) in [5.41, 5.74) is 0.716. The highest BCUT2D eigenvalue weighted by molar-refractivity contribution is 6.10. The highest BCUT2D eigenvalue weighted by atomic mass is 16.4. The molecule has 104 valence electrons. The zero-order valence-corrected chi connectivity index (χ0v) is 10.6. The van der Waals surface area contributed by atoms with E-state index in [9.17, 15) is 9.59 Å². The monoisotopic (exact) mass is 283 g/mol. The Labute approximate surface area is 118 Å². The normalized spacial score (nSPS) is 10.5. The lowest BCUT2D eigenvalue weighted by molar-refractivity contribution is 0.0697. The van der Waals surface area contributed by atoms with Crippen molar-refractivity contribution in [3.8, 4) is 0 Å². The average Bonchev–Trinajstić information content (AvgIpc) is 2.91. The number of carboxylic acids is 1. The van der Waals surface area contributed by atoms with Crippen molar-refractivity contribution in [1.82, 2.24) is 19.6 Å². The summed E-state index contributed by atoms with van der Waals surface area (Å²) in [4.78, 5) is 31.1. The lowest BCUT2D eigenvalue weighted by atomic mass is 10.2. The number of nitrogens with zero attached hydrogens (tertiary/aromatic N) is 4. The Kier molecular flexibility index (Phi) is 3.03. The average molecular weight is 283 g/mol. The van der Waals surface area contributed by atoms with E-state index in [-0.39, 0.29) is 16.9 Å². The van der Waals surface area contributed by atoms with Gasteiger partial charge in [0.15, 0.2) is 0 Å². The fourth-order valence-electron chi connectivity index (χ4n) is 1.86. The number of anilines is 1. The molecule has 3 rings (SSSR count). The molecule has 0 saturated carbocycles. The van der Waals surface area contributed by atoms with Crippen molar-refractivity contribution < 1.29 is 14.7 Å². The number of fused-ring (bicyclic) bond motifs is 1. The SMILES string of the molecule is O=C(O)c1cccnc1NC(=O)c1cnn2ccncc12. The zero-order valence-electron chi connectivity index (χ0n) is 10.6. The van der Waals surface area contributed by atoms with E-state index in [0.717, 1.165) is 0 Å². The van der Waals surface area contributed by atoms with Crippen molar-refractivity contribution in [1.29, 1.82) is 0 Å². The van der Waals surface area contributed by atoms with Crippen LogP contribution in [0.15, 0.2) is 43.1 Å². The molecular weight excluding hydrogens is 274 g/mol. The third kappa shape index (κ3) is 2.29. The lowest BCUT2D eigenvalue weighted by Crippen LogP contribution is -2.15. The number of carbonyl (C=O) groups excluding carboxylic acids is 1. The first-order valence-corrected chi connectivity index (χ1v) is 5.94. The van der Waals surface area contributed by atoms with E-state index in [1.165, 1.54) is 35.2 Å². The van der Waals surface area contributed by atoms with Gasteiger partial charge in [0, 0.05) is 18.6 Å². The van der Waals surface area contributed by atoms with Crippen LogP contribution in [0.2, 0.25) is 0 Å². The van der Waals surface area contributed by atoms with E-state index in [1.807, 2.05) is 0 Å². The van der Waals surface area contributed by atoms with Gasteiger partial charge in [-0.25, -0.2) is 14.3 Å². The Morgan fingerprint density at radius 3 is 2.86 bits per heavy atom. The van der Waals surface area contributed by atoms with Gasteiger partial charge in [-0.15, -0.1) is 0 Å². The summed E-state index contributed by atoms with van der Waals surface area (Å²) in [6.07, 6.45) is 7.44. The molecule has 8 heteroatoms. The van der Waals surface area contributed by atoms with Crippen LogP contribution in [0.25, 0.3) is 5.52 Å². The molecule has 0 aromatic carbocycles. The first-order valence-electron chi connectivity index (χ1n) is 5.94. The molecule has 0 atom stereocenters. The van der Waals surface area contributed by atoms with Crippen LogP contribution in [0.1, 0.15) is 20.7 Å². The number of hydrogen-bond donors (Lipinski definition) is 2. The molecule has 0 unspecified atom stereocenters. The quantitative estimate of drug-likeness (QED) is 0.744. The fraction of sp³-hybridized carbons (Fsp3) is 0. The topological polar surface area (TPSA) is 109 Å². The Hall–Kier alpha value is -3.29. The van der Waals surface area contributed by atoms with Crippen molar-refractivity contribution in [2.45, 2.75) is 0 Å². The van der Waals surface area contributed by atoms with Crippen molar-refractivity contribution in [3.63, 3.8) is 0 Å². The second-order valence-electron chi connectivity index (χ2n) is 4.12. The molecule has 0 fully saturated rings. The number of carboxylic acid groups (broad SMARTS) is 1. The molecule has 0 bridgehead atoms. The van der Waals surface area contributed by atoms with E-state index < -0.39 is 11.9 Å². The summed E-state index contributed by atoms with van der Waals surface area (Å²) in [6, 6.07) is 2.85. The summed E-state index contributed by atoms with van der Waals surface area (Å²) in [5.74, 6) is -1.68. The standard InChI is InChI=1S/C13H9N5O3/c19-12(9-6-16-18-5-4-14-7-10(9)18)17-11-8(13(20)21)2-1-3-15-11/h1-7H,(H,20,21)(H,15,17,19). The molecule has 21 heavy (non-hydrogen) atoms. The maximum atomic E-state index is 12.2. The third-order valence-corrected chi connectivity index (χ3v) is 2.84. The Morgan fingerprint density at radius 2 is 2.05 bits per heavy atom. The molecule has 0 aliphatic heterocycles. The van der Waals surface area contributed by atoms with E-state index in [2.05, 4.69) is 20.4 Å². The summed E-state index contributed by atoms with van der Waals surface area (Å²) in [5, 5.41) is 15.6. The van der Waals surface area contributed by atoms with Crippen LogP contribution in [0.5, 0.6) is 0 Å². The van der Waals surface area contributed by atoms with Gasteiger partial charge < -0.3 is 10.4 Å².